The lowest BCUT2D eigenvalue weighted by atomic mass is 10.2. The van der Waals surface area contributed by atoms with Gasteiger partial charge in [-0.15, -0.1) is 0 Å². The highest BCUT2D eigenvalue weighted by atomic mass is 16.5. The average Bonchev–Trinajstić information content (AvgIpc) is 2.76. The zero-order valence-corrected chi connectivity index (χ0v) is 10.8. The number of aromatic nitrogens is 1. The molecule has 1 aliphatic rings. The largest absolute Gasteiger partial charge is 0.395 e. The number of hydrogen-bond donors (Lipinski definition) is 1. The molecule has 1 aliphatic heterocycles. The number of nitrogen functional groups attached to an aromatic ring is 1. The Morgan fingerprint density at radius 1 is 1.61 bits per heavy atom. The van der Waals surface area contributed by atoms with Crippen molar-refractivity contribution in [3.05, 3.63) is 17.8 Å². The highest BCUT2D eigenvalue weighted by molar-refractivity contribution is 5.70. The van der Waals surface area contributed by atoms with Gasteiger partial charge in [0.1, 0.15) is 6.07 Å². The summed E-state index contributed by atoms with van der Waals surface area (Å²) in [5.74, 6) is 0.698. The molecule has 0 spiro atoms. The first-order chi connectivity index (χ1) is 8.61. The number of nitrogens with two attached hydrogens (primary N) is 1. The average molecular weight is 246 g/mol. The fourth-order valence-electron chi connectivity index (χ4n) is 2.23. The molecule has 1 aromatic rings. The lowest BCUT2D eigenvalue weighted by Gasteiger charge is -2.20. The normalized spacial score (nSPS) is 19.2. The van der Waals surface area contributed by atoms with Gasteiger partial charge in [0.2, 0.25) is 0 Å². The standard InChI is InChI=1S/C13H18N4O/c1-9(2)18-11-4-6-17(8-11)13-12(15)10(7-14)3-5-16-13/h3,5,9,11H,4,6,8,15H2,1-2H3/t11-/m1/s1. The van der Waals surface area contributed by atoms with Gasteiger partial charge in [-0.2, -0.15) is 5.26 Å². The Morgan fingerprint density at radius 2 is 2.39 bits per heavy atom. The van der Waals surface area contributed by atoms with Gasteiger partial charge in [-0.1, -0.05) is 0 Å². The van der Waals surface area contributed by atoms with Crippen LogP contribution in [0.25, 0.3) is 0 Å². The first kappa shape index (κ1) is 12.7. The van der Waals surface area contributed by atoms with Crippen LogP contribution in [0, 0.1) is 11.3 Å². The molecule has 1 fully saturated rings. The summed E-state index contributed by atoms with van der Waals surface area (Å²) < 4.78 is 5.78. The Labute approximate surface area is 107 Å². The molecule has 0 unspecified atom stereocenters. The van der Waals surface area contributed by atoms with E-state index in [1.165, 1.54) is 0 Å². The van der Waals surface area contributed by atoms with Crippen molar-refractivity contribution >= 4 is 11.5 Å². The van der Waals surface area contributed by atoms with Crippen molar-refractivity contribution in [2.45, 2.75) is 32.5 Å². The van der Waals surface area contributed by atoms with Crippen molar-refractivity contribution in [3.8, 4) is 6.07 Å². The Kier molecular flexibility index (Phi) is 3.68. The molecule has 0 aromatic carbocycles. The maximum absolute atomic E-state index is 8.96. The third-order valence-corrected chi connectivity index (χ3v) is 3.00. The van der Waals surface area contributed by atoms with E-state index in [-0.39, 0.29) is 12.2 Å². The third kappa shape index (κ3) is 2.54. The number of nitriles is 1. The Balaban J connectivity index is 2.13. The Morgan fingerprint density at radius 3 is 3.06 bits per heavy atom. The van der Waals surface area contributed by atoms with Crippen LogP contribution >= 0.6 is 0 Å². The summed E-state index contributed by atoms with van der Waals surface area (Å²) in [5.41, 5.74) is 6.90. The second kappa shape index (κ2) is 5.23. The second-order valence-corrected chi connectivity index (χ2v) is 4.75. The zero-order chi connectivity index (χ0) is 13.1. The molecule has 1 aromatic heterocycles. The van der Waals surface area contributed by atoms with Gasteiger partial charge in [0, 0.05) is 19.3 Å². The number of nitrogens with zero attached hydrogens (tertiary/aromatic N) is 3. The number of hydrogen-bond acceptors (Lipinski definition) is 5. The van der Waals surface area contributed by atoms with Crippen molar-refractivity contribution in [1.29, 1.82) is 5.26 Å². The molecule has 5 nitrogen and oxygen atoms in total. The van der Waals surface area contributed by atoms with Gasteiger partial charge in [-0.3, -0.25) is 0 Å². The van der Waals surface area contributed by atoms with Crippen LogP contribution in [0.3, 0.4) is 0 Å². The van der Waals surface area contributed by atoms with E-state index in [4.69, 9.17) is 15.7 Å². The first-order valence-electron chi connectivity index (χ1n) is 6.16. The highest BCUT2D eigenvalue weighted by Crippen LogP contribution is 2.27. The molecule has 0 radical (unpaired) electrons. The molecular formula is C13H18N4O. The van der Waals surface area contributed by atoms with Crippen LogP contribution in [0.2, 0.25) is 0 Å². The molecule has 0 bridgehead atoms. The molecule has 0 saturated carbocycles. The van der Waals surface area contributed by atoms with Gasteiger partial charge in [-0.25, -0.2) is 4.98 Å². The third-order valence-electron chi connectivity index (χ3n) is 3.00. The lowest BCUT2D eigenvalue weighted by molar-refractivity contribution is 0.0210. The first-order valence-corrected chi connectivity index (χ1v) is 6.16. The van der Waals surface area contributed by atoms with Crippen molar-refractivity contribution in [1.82, 2.24) is 4.98 Å². The summed E-state index contributed by atoms with van der Waals surface area (Å²) in [5, 5.41) is 8.96. The molecule has 0 aliphatic carbocycles. The van der Waals surface area contributed by atoms with Crippen LogP contribution in [-0.4, -0.2) is 30.3 Å². The Hall–Kier alpha value is -1.80. The van der Waals surface area contributed by atoms with Crippen molar-refractivity contribution < 1.29 is 4.74 Å². The molecular weight excluding hydrogens is 228 g/mol. The predicted molar refractivity (Wildman–Crippen MR) is 70.2 cm³/mol. The molecule has 18 heavy (non-hydrogen) atoms. The summed E-state index contributed by atoms with van der Waals surface area (Å²) in [6, 6.07) is 3.72. The van der Waals surface area contributed by atoms with Crippen LogP contribution in [0.1, 0.15) is 25.8 Å². The molecule has 2 rings (SSSR count). The summed E-state index contributed by atoms with van der Waals surface area (Å²) in [6.45, 7) is 5.71. The van der Waals surface area contributed by atoms with Crippen LogP contribution < -0.4 is 10.6 Å². The SMILES string of the molecule is CC(C)O[C@@H]1CCN(c2nccc(C#N)c2N)C1. The predicted octanol–water partition coefficient (Wildman–Crippen LogP) is 1.54. The fourth-order valence-corrected chi connectivity index (χ4v) is 2.23. The molecule has 5 heteroatoms. The summed E-state index contributed by atoms with van der Waals surface area (Å²) >= 11 is 0. The maximum Gasteiger partial charge on any atom is 0.153 e. The second-order valence-electron chi connectivity index (χ2n) is 4.75. The van der Waals surface area contributed by atoms with Crippen molar-refractivity contribution in [2.75, 3.05) is 23.7 Å². The minimum absolute atomic E-state index is 0.219. The van der Waals surface area contributed by atoms with Gasteiger partial charge >= 0.3 is 0 Å². The topological polar surface area (TPSA) is 75.2 Å². The van der Waals surface area contributed by atoms with Gasteiger partial charge in [0.15, 0.2) is 5.82 Å². The molecule has 1 saturated heterocycles. The summed E-state index contributed by atoms with van der Waals surface area (Å²) in [6.07, 6.45) is 3.04. The lowest BCUT2D eigenvalue weighted by Crippen LogP contribution is -2.26. The van der Waals surface area contributed by atoms with E-state index in [1.807, 2.05) is 13.8 Å². The van der Waals surface area contributed by atoms with E-state index in [1.54, 1.807) is 12.3 Å². The van der Waals surface area contributed by atoms with E-state index in [0.717, 1.165) is 19.5 Å². The van der Waals surface area contributed by atoms with E-state index in [2.05, 4.69) is 16.0 Å². The van der Waals surface area contributed by atoms with Gasteiger partial charge in [0.05, 0.1) is 23.5 Å². The quantitative estimate of drug-likeness (QED) is 0.875. The highest BCUT2D eigenvalue weighted by Gasteiger charge is 2.26. The smallest absolute Gasteiger partial charge is 0.153 e. The van der Waals surface area contributed by atoms with E-state index in [9.17, 15) is 0 Å². The number of ether oxygens (including phenoxy) is 1. The minimum atomic E-state index is 0.219. The van der Waals surface area contributed by atoms with Crippen LogP contribution in [0.4, 0.5) is 11.5 Å². The molecule has 2 heterocycles. The Bertz CT molecular complexity index is 467. The van der Waals surface area contributed by atoms with Gasteiger partial charge in [-0.05, 0) is 26.3 Å². The van der Waals surface area contributed by atoms with E-state index < -0.39 is 0 Å². The number of rotatable bonds is 3. The zero-order valence-electron chi connectivity index (χ0n) is 10.8. The molecule has 0 amide bonds. The fraction of sp³-hybridized carbons (Fsp3) is 0.538. The van der Waals surface area contributed by atoms with E-state index in [0.29, 0.717) is 17.1 Å². The monoisotopic (exact) mass is 246 g/mol. The van der Waals surface area contributed by atoms with Crippen molar-refractivity contribution in [2.24, 2.45) is 0 Å². The maximum atomic E-state index is 8.96. The van der Waals surface area contributed by atoms with Gasteiger partial charge in [0.25, 0.3) is 0 Å². The van der Waals surface area contributed by atoms with Gasteiger partial charge < -0.3 is 15.4 Å². The van der Waals surface area contributed by atoms with Crippen LogP contribution in [-0.2, 0) is 4.74 Å². The summed E-state index contributed by atoms with van der Waals surface area (Å²) in [7, 11) is 0. The number of pyridine rings is 1. The van der Waals surface area contributed by atoms with E-state index >= 15 is 0 Å². The molecule has 2 N–H and O–H groups in total. The molecule has 96 valence electrons. The van der Waals surface area contributed by atoms with Crippen LogP contribution in [0.5, 0.6) is 0 Å². The summed E-state index contributed by atoms with van der Waals surface area (Å²) in [4.78, 5) is 6.36. The minimum Gasteiger partial charge on any atom is -0.395 e. The van der Waals surface area contributed by atoms with Crippen LogP contribution in [0.15, 0.2) is 12.3 Å². The number of anilines is 2. The van der Waals surface area contributed by atoms with Crippen molar-refractivity contribution in [3.63, 3.8) is 0 Å². The molecule has 1 atom stereocenters.